The molecule has 0 aliphatic carbocycles. The van der Waals surface area contributed by atoms with E-state index in [1.807, 2.05) is 25.1 Å². The monoisotopic (exact) mass is 716 g/mol. The van der Waals surface area contributed by atoms with E-state index in [-0.39, 0.29) is 23.5 Å². The number of carbonyl (C=O) groups is 2. The first-order valence-electron chi connectivity index (χ1n) is 16.8. The molecule has 1 aliphatic heterocycles. The molecule has 12 nitrogen and oxygen atoms in total. The van der Waals surface area contributed by atoms with Crippen molar-refractivity contribution in [3.05, 3.63) is 89.2 Å². The molecule has 5 aromatic rings. The summed E-state index contributed by atoms with van der Waals surface area (Å²) in [4.78, 5) is 36.1. The van der Waals surface area contributed by atoms with Crippen LogP contribution in [-0.2, 0) is 18.9 Å². The second-order valence-corrected chi connectivity index (χ2v) is 12.4. The van der Waals surface area contributed by atoms with E-state index >= 15 is 0 Å². The van der Waals surface area contributed by atoms with Crippen molar-refractivity contribution in [1.82, 2.24) is 9.97 Å². The topological polar surface area (TPSA) is 144 Å². The number of benzene rings is 3. The fourth-order valence-corrected chi connectivity index (χ4v) is 6.42. The number of amides is 2. The van der Waals surface area contributed by atoms with Crippen molar-refractivity contribution in [3.8, 4) is 11.5 Å². The second kappa shape index (κ2) is 17.0. The Kier molecular flexibility index (Phi) is 12.0. The van der Waals surface area contributed by atoms with Crippen molar-refractivity contribution in [3.63, 3.8) is 0 Å². The van der Waals surface area contributed by atoms with Crippen LogP contribution < -0.4 is 15.0 Å². The molecular formula is C38H41ClN4O8. The first-order chi connectivity index (χ1) is 24.9. The number of aromatic nitrogens is 2. The van der Waals surface area contributed by atoms with Crippen molar-refractivity contribution in [2.75, 3.05) is 82.6 Å². The van der Waals surface area contributed by atoms with Crippen LogP contribution in [0, 0.1) is 6.92 Å². The number of H-pyrrole nitrogens is 1. The van der Waals surface area contributed by atoms with Crippen LogP contribution in [0.4, 0.5) is 11.4 Å². The number of pyridine rings is 1. The molecule has 0 spiro atoms. The molecule has 0 saturated carbocycles. The minimum Gasteiger partial charge on any atom is -0.507 e. The van der Waals surface area contributed by atoms with Gasteiger partial charge in [-0.05, 0) is 59.8 Å². The van der Waals surface area contributed by atoms with Gasteiger partial charge in [0.25, 0.3) is 11.8 Å². The predicted octanol–water partition coefficient (Wildman–Crippen LogP) is 6.04. The number of alkyl halides is 1. The Labute approximate surface area is 300 Å². The van der Waals surface area contributed by atoms with Gasteiger partial charge in [-0.3, -0.25) is 9.59 Å². The van der Waals surface area contributed by atoms with E-state index in [2.05, 4.69) is 15.3 Å². The van der Waals surface area contributed by atoms with E-state index in [1.165, 1.54) is 6.20 Å². The second-order valence-electron chi connectivity index (χ2n) is 12.1. The summed E-state index contributed by atoms with van der Waals surface area (Å²) < 4.78 is 26.9. The molecule has 1 atom stereocenters. The number of fused-ring (bicyclic) bond motifs is 4. The lowest BCUT2D eigenvalue weighted by Gasteiger charge is -2.18. The molecule has 0 bridgehead atoms. The Balaban J connectivity index is 1.02. The molecule has 0 saturated heterocycles. The van der Waals surface area contributed by atoms with Crippen molar-refractivity contribution in [1.29, 1.82) is 0 Å². The maximum absolute atomic E-state index is 13.9. The average Bonchev–Trinajstić information content (AvgIpc) is 3.73. The summed E-state index contributed by atoms with van der Waals surface area (Å²) in [6.07, 6.45) is 1.53. The maximum Gasteiger partial charge on any atom is 0.274 e. The largest absolute Gasteiger partial charge is 0.507 e. The Hall–Kier alpha value is -4.72. The van der Waals surface area contributed by atoms with Gasteiger partial charge in [0.1, 0.15) is 29.4 Å². The number of hydrogen-bond acceptors (Lipinski definition) is 9. The number of phenols is 1. The summed E-state index contributed by atoms with van der Waals surface area (Å²) in [5, 5.41) is 16.1. The van der Waals surface area contributed by atoms with Crippen LogP contribution in [0.25, 0.3) is 21.8 Å². The number of nitrogens with one attached hydrogen (secondary N) is 2. The van der Waals surface area contributed by atoms with Crippen molar-refractivity contribution >= 4 is 56.6 Å². The number of halogens is 1. The molecule has 6 rings (SSSR count). The van der Waals surface area contributed by atoms with Gasteiger partial charge in [0.05, 0.1) is 63.8 Å². The summed E-state index contributed by atoms with van der Waals surface area (Å²) in [5.41, 5.74) is 4.38. The summed E-state index contributed by atoms with van der Waals surface area (Å²) in [7, 11) is 1.63. The molecule has 3 aromatic carbocycles. The number of anilines is 2. The Morgan fingerprint density at radius 2 is 1.67 bits per heavy atom. The van der Waals surface area contributed by atoms with Gasteiger partial charge in [-0.2, -0.15) is 0 Å². The molecular weight excluding hydrogens is 676 g/mol. The molecule has 3 heterocycles. The highest BCUT2D eigenvalue weighted by Gasteiger charge is 2.36. The molecule has 1 aliphatic rings. The van der Waals surface area contributed by atoms with Crippen LogP contribution >= 0.6 is 11.6 Å². The van der Waals surface area contributed by atoms with Gasteiger partial charge in [-0.25, -0.2) is 4.98 Å². The summed E-state index contributed by atoms with van der Waals surface area (Å²) in [6.45, 7) is 6.17. The third-order valence-electron chi connectivity index (χ3n) is 8.65. The maximum atomic E-state index is 13.9. The molecule has 0 unspecified atom stereocenters. The van der Waals surface area contributed by atoms with Gasteiger partial charge in [-0.15, -0.1) is 11.6 Å². The van der Waals surface area contributed by atoms with E-state index in [1.54, 1.807) is 54.5 Å². The molecule has 2 aromatic heterocycles. The van der Waals surface area contributed by atoms with Gasteiger partial charge in [-0.1, -0.05) is 18.2 Å². The van der Waals surface area contributed by atoms with Gasteiger partial charge < -0.3 is 44.0 Å². The molecule has 0 radical (unpaired) electrons. The molecule has 13 heteroatoms. The predicted molar refractivity (Wildman–Crippen MR) is 196 cm³/mol. The number of phenolic OH excluding ortho intramolecular Hbond substituents is 1. The molecule has 0 fully saturated rings. The van der Waals surface area contributed by atoms with E-state index < -0.39 is 0 Å². The van der Waals surface area contributed by atoms with Gasteiger partial charge in [0, 0.05) is 47.9 Å². The average molecular weight is 717 g/mol. The summed E-state index contributed by atoms with van der Waals surface area (Å²) in [5.74, 6) is 0.386. The van der Waals surface area contributed by atoms with E-state index in [4.69, 9.17) is 35.3 Å². The van der Waals surface area contributed by atoms with Crippen LogP contribution in [0.15, 0.2) is 66.9 Å². The third-order valence-corrected chi connectivity index (χ3v) is 9.02. The fourth-order valence-electron chi connectivity index (χ4n) is 6.17. The molecule has 2 amide bonds. The zero-order chi connectivity index (χ0) is 35.7. The first-order valence-corrected chi connectivity index (χ1v) is 17.3. The first kappa shape index (κ1) is 36.1. The number of carbonyl (C=O) groups excluding carboxylic acids is 2. The van der Waals surface area contributed by atoms with Crippen LogP contribution in [0.3, 0.4) is 0 Å². The number of aromatic hydroxyl groups is 1. The van der Waals surface area contributed by atoms with Crippen LogP contribution in [0.1, 0.15) is 37.9 Å². The lowest BCUT2D eigenvalue weighted by Crippen LogP contribution is -2.30. The number of hydrogen-bond donors (Lipinski definition) is 3. The highest BCUT2D eigenvalue weighted by Crippen LogP contribution is 2.46. The number of aromatic amines is 1. The number of ether oxygens (including phenoxy) is 5. The van der Waals surface area contributed by atoms with Crippen LogP contribution in [-0.4, -0.2) is 99.3 Å². The minimum absolute atomic E-state index is 0.0903. The quantitative estimate of drug-likeness (QED) is 0.0775. The highest BCUT2D eigenvalue weighted by atomic mass is 35.5. The van der Waals surface area contributed by atoms with Crippen molar-refractivity contribution in [2.24, 2.45) is 0 Å². The van der Waals surface area contributed by atoms with E-state index in [9.17, 15) is 14.7 Å². The minimum atomic E-state index is -0.315. The van der Waals surface area contributed by atoms with Crippen LogP contribution in [0.5, 0.6) is 11.5 Å². The zero-order valence-corrected chi connectivity index (χ0v) is 29.3. The Morgan fingerprint density at radius 1 is 0.961 bits per heavy atom. The van der Waals surface area contributed by atoms with Gasteiger partial charge >= 0.3 is 0 Å². The smallest absolute Gasteiger partial charge is 0.274 e. The lowest BCUT2D eigenvalue weighted by molar-refractivity contribution is 0.000164. The Bertz CT molecular complexity index is 1980. The Morgan fingerprint density at radius 3 is 2.37 bits per heavy atom. The van der Waals surface area contributed by atoms with Gasteiger partial charge in [0.15, 0.2) is 0 Å². The summed E-state index contributed by atoms with van der Waals surface area (Å²) in [6, 6.07) is 17.7. The van der Waals surface area contributed by atoms with E-state index in [0.29, 0.717) is 105 Å². The molecule has 3 N–H and O–H groups in total. The number of aryl methyl sites for hydroxylation is 1. The fraction of sp³-hybridized carbons (Fsp3) is 0.342. The lowest BCUT2D eigenvalue weighted by atomic mass is 9.92. The molecule has 268 valence electrons. The SMILES string of the molecule is COCCOCCOCCOCCOc1ccc(C(=O)Nc2cnc3[nH]c(C(=O)N4C[C@@H](CCl)c5c4cc(O)c4cccc(C)c54)cc3c2)cc1. The number of rotatable bonds is 17. The van der Waals surface area contributed by atoms with Crippen molar-refractivity contribution in [2.45, 2.75) is 12.8 Å². The standard InChI is InChI=1S/C38H41ClN4O8/c1-24-4-3-5-30-33(44)20-32-35(34(24)30)27(21-39)23-43(32)38(46)31-19-26-18-28(22-40-36(26)42-31)41-37(45)25-6-8-29(9-7-25)51-17-16-50-15-14-49-13-12-48-11-10-47-2/h3-9,18-20,22,27,44H,10-17,21,23H2,1-2H3,(H,40,42)(H,41,45)/t27-/m1/s1. The zero-order valence-electron chi connectivity index (χ0n) is 28.6. The van der Waals surface area contributed by atoms with Gasteiger partial charge in [0.2, 0.25) is 0 Å². The van der Waals surface area contributed by atoms with Crippen molar-refractivity contribution < 1.29 is 38.4 Å². The summed E-state index contributed by atoms with van der Waals surface area (Å²) >= 11 is 6.41. The highest BCUT2D eigenvalue weighted by molar-refractivity contribution is 6.19. The molecule has 51 heavy (non-hydrogen) atoms. The number of methoxy groups -OCH3 is 1. The van der Waals surface area contributed by atoms with E-state index in [0.717, 1.165) is 21.9 Å². The number of nitrogens with zero attached hydrogens (tertiary/aromatic N) is 2. The third kappa shape index (κ3) is 8.43. The van der Waals surface area contributed by atoms with Crippen LogP contribution in [0.2, 0.25) is 0 Å². The normalized spacial score (nSPS) is 13.9.